The first-order valence-corrected chi connectivity index (χ1v) is 13.5. The standard InChI is InChI=1S/C34H28N2O9/c1-43-32(40)21-9-7-20(8-10-21)15-29(37)24-16-25(30(38)35-27-13-11-22(12-14-27)33(41)44-2)18-26(17-24)31(39)36-28-6-4-5-23(19-28)34(42)45-3/h4-14,16-19H,15H2,1-3H3,(H,35,38)(H,36,39). The summed E-state index contributed by atoms with van der Waals surface area (Å²) in [4.78, 5) is 75.4. The number of amides is 2. The van der Waals surface area contributed by atoms with Crippen molar-refractivity contribution in [3.8, 4) is 0 Å². The molecule has 228 valence electrons. The summed E-state index contributed by atoms with van der Waals surface area (Å²) in [5.41, 5.74) is 2.20. The molecule has 4 aromatic carbocycles. The fraction of sp³-hybridized carbons (Fsp3) is 0.118. The number of ether oxygens (including phenoxy) is 3. The van der Waals surface area contributed by atoms with Gasteiger partial charge in [-0.3, -0.25) is 14.4 Å². The van der Waals surface area contributed by atoms with Crippen molar-refractivity contribution < 1.29 is 43.0 Å². The maximum atomic E-state index is 13.4. The average Bonchev–Trinajstić information content (AvgIpc) is 3.07. The summed E-state index contributed by atoms with van der Waals surface area (Å²) in [6.07, 6.45) is -0.0796. The molecule has 0 aliphatic carbocycles. The van der Waals surface area contributed by atoms with E-state index in [-0.39, 0.29) is 40.0 Å². The molecule has 0 fully saturated rings. The Balaban J connectivity index is 1.63. The highest BCUT2D eigenvalue weighted by atomic mass is 16.5. The first-order chi connectivity index (χ1) is 21.6. The molecule has 2 N–H and O–H groups in total. The summed E-state index contributed by atoms with van der Waals surface area (Å²) in [7, 11) is 3.76. The predicted molar refractivity (Wildman–Crippen MR) is 164 cm³/mol. The van der Waals surface area contributed by atoms with Crippen LogP contribution in [0.2, 0.25) is 0 Å². The Kier molecular flexibility index (Phi) is 10.2. The Hall–Kier alpha value is -6.10. The molecule has 4 aromatic rings. The van der Waals surface area contributed by atoms with E-state index in [1.165, 1.54) is 88.1 Å². The molecule has 45 heavy (non-hydrogen) atoms. The summed E-state index contributed by atoms with van der Waals surface area (Å²) in [5.74, 6) is -3.27. The number of anilines is 2. The SMILES string of the molecule is COC(=O)c1ccc(CC(=O)c2cc(C(=O)Nc3ccc(C(=O)OC)cc3)cc(C(=O)Nc3cccc(C(=O)OC)c3)c2)cc1. The third-order valence-electron chi connectivity index (χ3n) is 6.62. The lowest BCUT2D eigenvalue weighted by atomic mass is 9.97. The molecule has 0 aliphatic rings. The van der Waals surface area contributed by atoms with Crippen molar-refractivity contribution in [2.24, 2.45) is 0 Å². The smallest absolute Gasteiger partial charge is 0.337 e. The number of nitrogens with one attached hydrogen (secondary N) is 2. The zero-order chi connectivity index (χ0) is 32.5. The van der Waals surface area contributed by atoms with Gasteiger partial charge in [-0.25, -0.2) is 14.4 Å². The van der Waals surface area contributed by atoms with Crippen molar-refractivity contribution in [2.75, 3.05) is 32.0 Å². The third kappa shape index (κ3) is 8.05. The molecule has 0 saturated heterocycles. The summed E-state index contributed by atoms with van der Waals surface area (Å²) < 4.78 is 14.1. The van der Waals surface area contributed by atoms with Gasteiger partial charge in [-0.15, -0.1) is 0 Å². The summed E-state index contributed by atoms with van der Waals surface area (Å²) in [6.45, 7) is 0. The van der Waals surface area contributed by atoms with E-state index in [4.69, 9.17) is 9.47 Å². The normalized spacial score (nSPS) is 10.3. The maximum absolute atomic E-state index is 13.4. The van der Waals surface area contributed by atoms with Crippen LogP contribution in [0.4, 0.5) is 11.4 Å². The van der Waals surface area contributed by atoms with Crippen molar-refractivity contribution in [1.29, 1.82) is 0 Å². The zero-order valence-corrected chi connectivity index (χ0v) is 24.5. The Labute approximate surface area is 258 Å². The number of methoxy groups -OCH3 is 3. The maximum Gasteiger partial charge on any atom is 0.337 e. The van der Waals surface area contributed by atoms with Crippen LogP contribution >= 0.6 is 0 Å². The minimum Gasteiger partial charge on any atom is -0.465 e. The molecular weight excluding hydrogens is 580 g/mol. The number of benzene rings is 4. The molecule has 4 rings (SSSR count). The van der Waals surface area contributed by atoms with Gasteiger partial charge in [0.25, 0.3) is 11.8 Å². The Morgan fingerprint density at radius 1 is 0.489 bits per heavy atom. The van der Waals surface area contributed by atoms with Crippen LogP contribution in [0.1, 0.15) is 67.7 Å². The molecule has 0 heterocycles. The lowest BCUT2D eigenvalue weighted by Gasteiger charge is -2.12. The number of hydrogen-bond donors (Lipinski definition) is 2. The van der Waals surface area contributed by atoms with E-state index >= 15 is 0 Å². The van der Waals surface area contributed by atoms with Crippen LogP contribution in [0.3, 0.4) is 0 Å². The van der Waals surface area contributed by atoms with Crippen LogP contribution < -0.4 is 10.6 Å². The van der Waals surface area contributed by atoms with Crippen LogP contribution in [-0.2, 0) is 20.6 Å². The van der Waals surface area contributed by atoms with Crippen molar-refractivity contribution >= 4 is 46.9 Å². The number of esters is 3. The molecular formula is C34H28N2O9. The molecule has 0 aliphatic heterocycles. The van der Waals surface area contributed by atoms with Gasteiger partial charge in [0.15, 0.2) is 5.78 Å². The summed E-state index contributed by atoms with van der Waals surface area (Å²) >= 11 is 0. The zero-order valence-electron chi connectivity index (χ0n) is 24.5. The Bertz CT molecular complexity index is 1690. The fourth-order valence-corrected chi connectivity index (χ4v) is 4.27. The number of carbonyl (C=O) groups excluding carboxylic acids is 6. The van der Waals surface area contributed by atoms with Gasteiger partial charge in [0.2, 0.25) is 0 Å². The molecule has 0 bridgehead atoms. The van der Waals surface area contributed by atoms with Crippen LogP contribution in [0, 0.1) is 0 Å². The molecule has 0 aromatic heterocycles. The van der Waals surface area contributed by atoms with Crippen LogP contribution in [0.25, 0.3) is 0 Å². The van der Waals surface area contributed by atoms with Crippen LogP contribution in [0.15, 0.2) is 91.0 Å². The molecule has 0 spiro atoms. The first kappa shape index (κ1) is 31.8. The van der Waals surface area contributed by atoms with Gasteiger partial charge < -0.3 is 24.8 Å². The number of hydrogen-bond acceptors (Lipinski definition) is 9. The van der Waals surface area contributed by atoms with Gasteiger partial charge >= 0.3 is 17.9 Å². The second-order valence-corrected chi connectivity index (χ2v) is 9.64. The van der Waals surface area contributed by atoms with Gasteiger partial charge in [-0.1, -0.05) is 18.2 Å². The van der Waals surface area contributed by atoms with Gasteiger partial charge in [0.1, 0.15) is 0 Å². The number of carbonyl (C=O) groups is 6. The summed E-state index contributed by atoms with van der Waals surface area (Å²) in [6, 6.07) is 22.4. The topological polar surface area (TPSA) is 154 Å². The highest BCUT2D eigenvalue weighted by Gasteiger charge is 2.19. The van der Waals surface area contributed by atoms with Crippen molar-refractivity contribution in [3.05, 3.63) is 130 Å². The number of Topliss-reactive ketones (excluding diaryl/α,β-unsaturated/α-hetero) is 1. The van der Waals surface area contributed by atoms with Gasteiger partial charge in [0.05, 0.1) is 38.0 Å². The lowest BCUT2D eigenvalue weighted by Crippen LogP contribution is -2.18. The minimum absolute atomic E-state index is 0.0107. The van der Waals surface area contributed by atoms with E-state index in [1.807, 2.05) is 0 Å². The van der Waals surface area contributed by atoms with Gasteiger partial charge in [0, 0.05) is 34.5 Å². The van der Waals surface area contributed by atoms with E-state index in [0.29, 0.717) is 22.5 Å². The average molecular weight is 609 g/mol. The van der Waals surface area contributed by atoms with Gasteiger partial charge in [-0.05, 0) is 78.4 Å². The molecule has 11 heteroatoms. The van der Waals surface area contributed by atoms with Crippen LogP contribution in [-0.4, -0.2) is 56.8 Å². The summed E-state index contributed by atoms with van der Waals surface area (Å²) in [5, 5.41) is 5.37. The monoisotopic (exact) mass is 608 g/mol. The quantitative estimate of drug-likeness (QED) is 0.144. The lowest BCUT2D eigenvalue weighted by molar-refractivity contribution is 0.0592. The molecule has 2 amide bonds. The predicted octanol–water partition coefficient (Wildman–Crippen LogP) is 4.98. The van der Waals surface area contributed by atoms with E-state index < -0.39 is 29.7 Å². The van der Waals surface area contributed by atoms with E-state index in [9.17, 15) is 28.8 Å². The van der Waals surface area contributed by atoms with Crippen LogP contribution in [0.5, 0.6) is 0 Å². The molecule has 0 unspecified atom stereocenters. The number of rotatable bonds is 10. The van der Waals surface area contributed by atoms with Crippen molar-refractivity contribution in [3.63, 3.8) is 0 Å². The largest absolute Gasteiger partial charge is 0.465 e. The highest BCUT2D eigenvalue weighted by Crippen LogP contribution is 2.19. The van der Waals surface area contributed by atoms with Crippen molar-refractivity contribution in [1.82, 2.24) is 0 Å². The second-order valence-electron chi connectivity index (χ2n) is 9.64. The molecule has 11 nitrogen and oxygen atoms in total. The third-order valence-corrected chi connectivity index (χ3v) is 6.62. The van der Waals surface area contributed by atoms with E-state index in [1.54, 1.807) is 24.3 Å². The second kappa shape index (κ2) is 14.4. The molecule has 0 atom stereocenters. The van der Waals surface area contributed by atoms with Gasteiger partial charge in [-0.2, -0.15) is 0 Å². The molecule has 0 saturated carbocycles. The first-order valence-electron chi connectivity index (χ1n) is 13.5. The van der Waals surface area contributed by atoms with Crippen molar-refractivity contribution in [2.45, 2.75) is 6.42 Å². The Morgan fingerprint density at radius 2 is 0.956 bits per heavy atom. The molecule has 0 radical (unpaired) electrons. The number of ketones is 1. The highest BCUT2D eigenvalue weighted by molar-refractivity contribution is 6.11. The fourth-order valence-electron chi connectivity index (χ4n) is 4.27. The van der Waals surface area contributed by atoms with E-state index in [0.717, 1.165) is 0 Å². The minimum atomic E-state index is -0.634. The van der Waals surface area contributed by atoms with E-state index in [2.05, 4.69) is 15.4 Å². The Morgan fingerprint density at radius 3 is 1.49 bits per heavy atom.